The summed E-state index contributed by atoms with van der Waals surface area (Å²) < 4.78 is 13.8. The molecule has 0 saturated carbocycles. The number of aromatic carboxylic acids is 1. The quantitative estimate of drug-likeness (QED) is 0.640. The van der Waals surface area contributed by atoms with Crippen molar-refractivity contribution >= 4 is 29.0 Å². The molecule has 0 atom stereocenters. The van der Waals surface area contributed by atoms with Gasteiger partial charge in [-0.2, -0.15) is 0 Å². The maximum atomic E-state index is 13.8. The van der Waals surface area contributed by atoms with Crippen LogP contribution in [0.5, 0.6) is 0 Å². The number of nitrogens with one attached hydrogen (secondary N) is 1. The standard InChI is InChI=1S/C24H20FN3O3/c25-21-9-5-4-8-19(21)23(29)27-18-14-20(24(30)31)22(26-15-18)28-12-10-17(11-13-28)16-6-2-1-3-7-16/h1-10,14-15H,11-13H2,(H,27,29)(H,30,31). The van der Waals surface area contributed by atoms with Gasteiger partial charge in [0, 0.05) is 13.1 Å². The number of benzene rings is 2. The number of hydrogen-bond donors (Lipinski definition) is 2. The van der Waals surface area contributed by atoms with E-state index in [1.54, 1.807) is 6.07 Å². The van der Waals surface area contributed by atoms with Crippen LogP contribution in [0.4, 0.5) is 15.9 Å². The predicted octanol–water partition coefficient (Wildman–Crippen LogP) is 4.46. The lowest BCUT2D eigenvalue weighted by molar-refractivity contribution is 0.0696. The molecule has 0 spiro atoms. The first-order valence-corrected chi connectivity index (χ1v) is 9.81. The van der Waals surface area contributed by atoms with Gasteiger partial charge in [-0.3, -0.25) is 4.79 Å². The van der Waals surface area contributed by atoms with Crippen LogP contribution in [0.1, 0.15) is 32.7 Å². The molecule has 0 fully saturated rings. The Morgan fingerprint density at radius 3 is 2.45 bits per heavy atom. The molecule has 156 valence electrons. The van der Waals surface area contributed by atoms with E-state index in [1.807, 2.05) is 23.1 Å². The number of carboxylic acid groups (broad SMARTS) is 1. The summed E-state index contributed by atoms with van der Waals surface area (Å²) in [5.41, 5.74) is 2.40. The van der Waals surface area contributed by atoms with Gasteiger partial charge in [-0.25, -0.2) is 14.2 Å². The third-order valence-electron chi connectivity index (χ3n) is 5.13. The van der Waals surface area contributed by atoms with Crippen molar-refractivity contribution in [2.75, 3.05) is 23.3 Å². The van der Waals surface area contributed by atoms with Crippen molar-refractivity contribution in [1.82, 2.24) is 4.98 Å². The molecule has 1 aliphatic heterocycles. The number of hydrogen-bond acceptors (Lipinski definition) is 4. The van der Waals surface area contributed by atoms with Gasteiger partial charge in [-0.05, 0) is 35.8 Å². The molecule has 0 radical (unpaired) electrons. The first kappa shape index (κ1) is 20.3. The van der Waals surface area contributed by atoms with Crippen molar-refractivity contribution in [3.05, 3.63) is 95.4 Å². The fourth-order valence-corrected chi connectivity index (χ4v) is 3.55. The third kappa shape index (κ3) is 4.45. The predicted molar refractivity (Wildman–Crippen MR) is 117 cm³/mol. The summed E-state index contributed by atoms with van der Waals surface area (Å²) in [6, 6.07) is 17.0. The second-order valence-corrected chi connectivity index (χ2v) is 7.13. The first-order valence-electron chi connectivity index (χ1n) is 9.81. The minimum Gasteiger partial charge on any atom is -0.478 e. The fraction of sp³-hybridized carbons (Fsp3) is 0.125. The van der Waals surface area contributed by atoms with E-state index in [9.17, 15) is 19.1 Å². The van der Waals surface area contributed by atoms with Crippen LogP contribution >= 0.6 is 0 Å². The number of pyridine rings is 1. The third-order valence-corrected chi connectivity index (χ3v) is 5.13. The number of rotatable bonds is 5. The largest absolute Gasteiger partial charge is 0.478 e. The van der Waals surface area contributed by atoms with E-state index in [-0.39, 0.29) is 16.8 Å². The molecule has 4 rings (SSSR count). The number of nitrogens with zero attached hydrogens (tertiary/aromatic N) is 2. The number of carboxylic acids is 1. The van der Waals surface area contributed by atoms with Crippen molar-refractivity contribution in [3.8, 4) is 0 Å². The lowest BCUT2D eigenvalue weighted by Gasteiger charge is -2.28. The van der Waals surface area contributed by atoms with E-state index in [0.29, 0.717) is 18.9 Å². The topological polar surface area (TPSA) is 82.5 Å². The summed E-state index contributed by atoms with van der Waals surface area (Å²) in [6.45, 7) is 1.15. The van der Waals surface area contributed by atoms with Crippen LogP contribution < -0.4 is 10.2 Å². The number of amides is 1. The van der Waals surface area contributed by atoms with Gasteiger partial charge in [0.2, 0.25) is 0 Å². The van der Waals surface area contributed by atoms with Crippen LogP contribution in [0.3, 0.4) is 0 Å². The summed E-state index contributed by atoms with van der Waals surface area (Å²) in [5.74, 6) is -2.14. The highest BCUT2D eigenvalue weighted by molar-refractivity contribution is 6.05. The number of halogens is 1. The molecule has 1 aliphatic rings. The van der Waals surface area contributed by atoms with Crippen molar-refractivity contribution in [1.29, 1.82) is 0 Å². The Morgan fingerprint density at radius 2 is 1.77 bits per heavy atom. The van der Waals surface area contributed by atoms with Crippen molar-refractivity contribution in [3.63, 3.8) is 0 Å². The highest BCUT2D eigenvalue weighted by Crippen LogP contribution is 2.28. The summed E-state index contributed by atoms with van der Waals surface area (Å²) >= 11 is 0. The molecule has 2 aromatic carbocycles. The Hall–Kier alpha value is -4.00. The average molecular weight is 417 g/mol. The van der Waals surface area contributed by atoms with E-state index < -0.39 is 17.7 Å². The van der Waals surface area contributed by atoms with Gasteiger partial charge in [0.25, 0.3) is 5.91 Å². The average Bonchev–Trinajstić information content (AvgIpc) is 2.80. The molecule has 3 aromatic rings. The Labute approximate surface area is 178 Å². The lowest BCUT2D eigenvalue weighted by Crippen LogP contribution is -2.30. The zero-order valence-corrected chi connectivity index (χ0v) is 16.6. The molecule has 31 heavy (non-hydrogen) atoms. The molecule has 1 amide bonds. The van der Waals surface area contributed by atoms with Gasteiger partial charge in [-0.15, -0.1) is 0 Å². The Morgan fingerprint density at radius 1 is 1.03 bits per heavy atom. The molecule has 0 aliphatic carbocycles. The Kier molecular flexibility index (Phi) is 5.75. The van der Waals surface area contributed by atoms with Crippen LogP contribution in [-0.4, -0.2) is 35.1 Å². The van der Waals surface area contributed by atoms with Crippen molar-refractivity contribution in [2.24, 2.45) is 0 Å². The lowest BCUT2D eigenvalue weighted by atomic mass is 9.99. The normalized spacial score (nSPS) is 13.5. The van der Waals surface area contributed by atoms with Crippen molar-refractivity contribution < 1.29 is 19.1 Å². The Bertz CT molecular complexity index is 1160. The van der Waals surface area contributed by atoms with Gasteiger partial charge < -0.3 is 15.3 Å². The van der Waals surface area contributed by atoms with Gasteiger partial charge >= 0.3 is 5.97 Å². The zero-order chi connectivity index (χ0) is 21.8. The number of anilines is 2. The number of carbonyl (C=O) groups is 2. The molecular weight excluding hydrogens is 397 g/mol. The smallest absolute Gasteiger partial charge is 0.339 e. The molecule has 2 heterocycles. The molecular formula is C24H20FN3O3. The molecule has 0 unspecified atom stereocenters. The van der Waals surface area contributed by atoms with Crippen LogP contribution in [0.2, 0.25) is 0 Å². The van der Waals surface area contributed by atoms with Crippen molar-refractivity contribution in [2.45, 2.75) is 6.42 Å². The second kappa shape index (κ2) is 8.79. The molecule has 2 N–H and O–H groups in total. The molecule has 1 aromatic heterocycles. The number of aromatic nitrogens is 1. The van der Waals surface area contributed by atoms with Crippen LogP contribution in [0.25, 0.3) is 5.57 Å². The molecule has 6 nitrogen and oxygen atoms in total. The minimum absolute atomic E-state index is 0.0251. The first-order chi connectivity index (χ1) is 15.0. The van der Waals surface area contributed by atoms with Crippen LogP contribution in [-0.2, 0) is 0 Å². The highest BCUT2D eigenvalue weighted by Gasteiger charge is 2.22. The summed E-state index contributed by atoms with van der Waals surface area (Å²) in [6.07, 6.45) is 4.22. The summed E-state index contributed by atoms with van der Waals surface area (Å²) in [5, 5.41) is 12.2. The fourth-order valence-electron chi connectivity index (χ4n) is 3.55. The van der Waals surface area contributed by atoms with Gasteiger partial charge in [0.15, 0.2) is 0 Å². The highest BCUT2D eigenvalue weighted by atomic mass is 19.1. The van der Waals surface area contributed by atoms with E-state index in [0.717, 1.165) is 12.0 Å². The number of carbonyl (C=O) groups excluding carboxylic acids is 1. The summed E-state index contributed by atoms with van der Waals surface area (Å²) in [7, 11) is 0. The Balaban J connectivity index is 1.55. The van der Waals surface area contributed by atoms with Crippen LogP contribution in [0.15, 0.2) is 72.9 Å². The minimum atomic E-state index is -1.15. The van der Waals surface area contributed by atoms with E-state index in [2.05, 4.69) is 28.5 Å². The van der Waals surface area contributed by atoms with Gasteiger partial charge in [-0.1, -0.05) is 48.5 Å². The SMILES string of the molecule is O=C(Nc1cnc(N2CC=C(c3ccccc3)CC2)c(C(=O)O)c1)c1ccccc1F. The van der Waals surface area contributed by atoms with Crippen LogP contribution in [0, 0.1) is 5.82 Å². The van der Waals surface area contributed by atoms with E-state index >= 15 is 0 Å². The molecule has 0 bridgehead atoms. The maximum absolute atomic E-state index is 13.8. The zero-order valence-electron chi connectivity index (χ0n) is 16.6. The van der Waals surface area contributed by atoms with E-state index in [4.69, 9.17) is 0 Å². The second-order valence-electron chi connectivity index (χ2n) is 7.13. The summed E-state index contributed by atoms with van der Waals surface area (Å²) in [4.78, 5) is 30.4. The molecule has 0 saturated heterocycles. The van der Waals surface area contributed by atoms with Gasteiger partial charge in [0.1, 0.15) is 17.2 Å². The monoisotopic (exact) mass is 417 g/mol. The molecule has 7 heteroatoms. The van der Waals surface area contributed by atoms with Gasteiger partial charge in [0.05, 0.1) is 17.4 Å². The maximum Gasteiger partial charge on any atom is 0.339 e. The van der Waals surface area contributed by atoms with E-state index in [1.165, 1.54) is 36.0 Å².